The number of hydrogen-bond donors (Lipinski definition) is 1. The van der Waals surface area contributed by atoms with E-state index in [1.807, 2.05) is 6.92 Å². The van der Waals surface area contributed by atoms with Crippen LogP contribution in [0.4, 0.5) is 0 Å². The number of methoxy groups -OCH3 is 1. The van der Waals surface area contributed by atoms with Crippen molar-refractivity contribution in [2.24, 2.45) is 0 Å². The third kappa shape index (κ3) is 4.26. The summed E-state index contributed by atoms with van der Waals surface area (Å²) in [5.74, 6) is 0.903. The molecule has 1 saturated carbocycles. The maximum atomic E-state index is 11.9. The second kappa shape index (κ2) is 7.33. The number of carbonyl (C=O) groups excluding carboxylic acids is 1. The van der Waals surface area contributed by atoms with Gasteiger partial charge in [0.1, 0.15) is 5.82 Å². The second-order valence-corrected chi connectivity index (χ2v) is 5.33. The molecule has 1 heterocycles. The molecule has 1 aliphatic carbocycles. The van der Waals surface area contributed by atoms with Crippen molar-refractivity contribution in [3.63, 3.8) is 0 Å². The highest BCUT2D eigenvalue weighted by Gasteiger charge is 2.21. The van der Waals surface area contributed by atoms with Crippen molar-refractivity contribution in [2.45, 2.75) is 64.1 Å². The predicted octanol–water partition coefficient (Wildman–Crippen LogP) is 0.836. The number of hydrogen-bond acceptors (Lipinski definition) is 5. The Morgan fingerprint density at radius 1 is 1.40 bits per heavy atom. The number of carbonyl (C=O) groups is 1. The molecule has 0 bridgehead atoms. The average molecular weight is 281 g/mol. The summed E-state index contributed by atoms with van der Waals surface area (Å²) in [6, 6.07) is 0.309. The molecule has 0 aliphatic heterocycles. The summed E-state index contributed by atoms with van der Waals surface area (Å²) >= 11 is 0. The highest BCUT2D eigenvalue weighted by Crippen LogP contribution is 2.20. The minimum absolute atomic E-state index is 0.122. The zero-order chi connectivity index (χ0) is 14.4. The highest BCUT2D eigenvalue weighted by molar-refractivity contribution is 5.76. The fourth-order valence-corrected chi connectivity index (χ4v) is 2.59. The molecule has 0 spiro atoms. The predicted molar refractivity (Wildman–Crippen MR) is 73.0 cm³/mol. The molecule has 2 rings (SSSR count). The zero-order valence-electron chi connectivity index (χ0n) is 12.2. The van der Waals surface area contributed by atoms with Crippen molar-refractivity contribution in [3.8, 4) is 0 Å². The van der Waals surface area contributed by atoms with E-state index in [1.54, 1.807) is 11.8 Å². The molecule has 0 aromatic carbocycles. The van der Waals surface area contributed by atoms with Gasteiger partial charge in [-0.05, 0) is 49.5 Å². The number of nitrogens with one attached hydrogen (secondary N) is 1. The van der Waals surface area contributed by atoms with Crippen LogP contribution in [0.25, 0.3) is 0 Å². The molecule has 1 fully saturated rings. The lowest BCUT2D eigenvalue weighted by atomic mass is 9.93. The van der Waals surface area contributed by atoms with Gasteiger partial charge in [-0.15, -0.1) is 5.10 Å². The van der Waals surface area contributed by atoms with E-state index in [0.717, 1.165) is 37.9 Å². The molecular weight excluding hydrogens is 258 g/mol. The molecule has 1 N–H and O–H groups in total. The largest absolute Gasteiger partial charge is 0.381 e. The van der Waals surface area contributed by atoms with Crippen LogP contribution in [0, 0.1) is 6.92 Å². The number of amides is 1. The lowest BCUT2D eigenvalue weighted by molar-refractivity contribution is -0.122. The Hall–Kier alpha value is -1.50. The third-order valence-electron chi connectivity index (χ3n) is 3.86. The summed E-state index contributed by atoms with van der Waals surface area (Å²) in [5.41, 5.74) is 0. The van der Waals surface area contributed by atoms with Crippen LogP contribution >= 0.6 is 0 Å². The molecule has 1 aromatic rings. The molecule has 1 aliphatic rings. The van der Waals surface area contributed by atoms with Gasteiger partial charge in [-0.1, -0.05) is 0 Å². The molecule has 0 unspecified atom stereocenters. The average Bonchev–Trinajstić information content (AvgIpc) is 2.85. The van der Waals surface area contributed by atoms with Gasteiger partial charge in [0.05, 0.1) is 6.10 Å². The minimum atomic E-state index is 0.122. The van der Waals surface area contributed by atoms with E-state index in [1.165, 1.54) is 0 Å². The topological polar surface area (TPSA) is 81.9 Å². The summed E-state index contributed by atoms with van der Waals surface area (Å²) in [5, 5.41) is 14.4. The summed E-state index contributed by atoms with van der Waals surface area (Å²) in [7, 11) is 1.75. The van der Waals surface area contributed by atoms with Gasteiger partial charge in [0.15, 0.2) is 0 Å². The van der Waals surface area contributed by atoms with Gasteiger partial charge >= 0.3 is 0 Å². The first-order valence-corrected chi connectivity index (χ1v) is 7.24. The summed E-state index contributed by atoms with van der Waals surface area (Å²) in [4.78, 5) is 11.9. The first-order valence-electron chi connectivity index (χ1n) is 7.24. The van der Waals surface area contributed by atoms with Crippen molar-refractivity contribution in [1.82, 2.24) is 25.5 Å². The van der Waals surface area contributed by atoms with Crippen molar-refractivity contribution < 1.29 is 9.53 Å². The van der Waals surface area contributed by atoms with E-state index in [4.69, 9.17) is 4.74 Å². The molecule has 0 saturated heterocycles. The van der Waals surface area contributed by atoms with Gasteiger partial charge in [-0.25, -0.2) is 4.68 Å². The molecular formula is C13H23N5O2. The van der Waals surface area contributed by atoms with Gasteiger partial charge in [-0.3, -0.25) is 4.79 Å². The normalized spacial score (nSPS) is 22.7. The van der Waals surface area contributed by atoms with Crippen LogP contribution in [0.1, 0.15) is 44.3 Å². The quantitative estimate of drug-likeness (QED) is 0.835. The fraction of sp³-hybridized carbons (Fsp3) is 0.846. The van der Waals surface area contributed by atoms with Crippen LogP contribution in [-0.2, 0) is 16.1 Å². The smallest absolute Gasteiger partial charge is 0.220 e. The summed E-state index contributed by atoms with van der Waals surface area (Å²) < 4.78 is 7.05. The Bertz CT molecular complexity index is 426. The fourth-order valence-electron chi connectivity index (χ4n) is 2.59. The molecule has 7 nitrogen and oxygen atoms in total. The second-order valence-electron chi connectivity index (χ2n) is 5.33. The van der Waals surface area contributed by atoms with E-state index in [-0.39, 0.29) is 5.91 Å². The van der Waals surface area contributed by atoms with Crippen LogP contribution in [0.5, 0.6) is 0 Å². The number of rotatable bonds is 6. The Balaban J connectivity index is 1.62. The number of ether oxygens (including phenoxy) is 1. The van der Waals surface area contributed by atoms with Crippen molar-refractivity contribution in [2.75, 3.05) is 7.11 Å². The van der Waals surface area contributed by atoms with Gasteiger partial charge in [-0.2, -0.15) is 0 Å². The van der Waals surface area contributed by atoms with Crippen LogP contribution in [0.3, 0.4) is 0 Å². The molecule has 112 valence electrons. The number of tetrazole rings is 1. The van der Waals surface area contributed by atoms with E-state index in [9.17, 15) is 4.79 Å². The van der Waals surface area contributed by atoms with Gasteiger partial charge < -0.3 is 10.1 Å². The zero-order valence-corrected chi connectivity index (χ0v) is 12.2. The van der Waals surface area contributed by atoms with Crippen LogP contribution < -0.4 is 5.32 Å². The van der Waals surface area contributed by atoms with Gasteiger partial charge in [0.2, 0.25) is 5.91 Å². The van der Waals surface area contributed by atoms with Crippen LogP contribution in [-0.4, -0.2) is 45.4 Å². The first kappa shape index (κ1) is 14.9. The maximum Gasteiger partial charge on any atom is 0.220 e. The summed E-state index contributed by atoms with van der Waals surface area (Å²) in [6.07, 6.45) is 5.73. The van der Waals surface area contributed by atoms with Crippen molar-refractivity contribution in [3.05, 3.63) is 5.82 Å². The number of nitrogens with zero attached hydrogens (tertiary/aromatic N) is 4. The molecule has 0 radical (unpaired) electrons. The Kier molecular flexibility index (Phi) is 5.46. The number of aryl methyl sites for hydroxylation is 2. The SMILES string of the molecule is COC1CCC(NC(=O)CCCn2nnnc2C)CC1. The van der Waals surface area contributed by atoms with E-state index >= 15 is 0 Å². The lowest BCUT2D eigenvalue weighted by Crippen LogP contribution is -2.38. The van der Waals surface area contributed by atoms with Crippen molar-refractivity contribution in [1.29, 1.82) is 0 Å². The van der Waals surface area contributed by atoms with Crippen LogP contribution in [0.15, 0.2) is 0 Å². The summed E-state index contributed by atoms with van der Waals surface area (Å²) in [6.45, 7) is 2.54. The first-order chi connectivity index (χ1) is 9.69. The van der Waals surface area contributed by atoms with E-state index in [2.05, 4.69) is 20.8 Å². The molecule has 7 heteroatoms. The third-order valence-corrected chi connectivity index (χ3v) is 3.86. The molecule has 1 amide bonds. The monoisotopic (exact) mass is 281 g/mol. The number of aromatic nitrogens is 4. The minimum Gasteiger partial charge on any atom is -0.381 e. The Labute approximate surface area is 119 Å². The molecule has 1 aromatic heterocycles. The highest BCUT2D eigenvalue weighted by atomic mass is 16.5. The standard InChI is InChI=1S/C13H23N5O2/c1-10-15-16-17-18(10)9-3-4-13(19)14-11-5-7-12(20-2)8-6-11/h11-12H,3-9H2,1-2H3,(H,14,19). The van der Waals surface area contributed by atoms with E-state index in [0.29, 0.717) is 25.1 Å². The molecule has 0 atom stereocenters. The van der Waals surface area contributed by atoms with Crippen LogP contribution in [0.2, 0.25) is 0 Å². The van der Waals surface area contributed by atoms with Gasteiger partial charge in [0.25, 0.3) is 0 Å². The Morgan fingerprint density at radius 2 is 2.15 bits per heavy atom. The molecule has 20 heavy (non-hydrogen) atoms. The lowest BCUT2D eigenvalue weighted by Gasteiger charge is -2.28. The maximum absolute atomic E-state index is 11.9. The van der Waals surface area contributed by atoms with Crippen molar-refractivity contribution >= 4 is 5.91 Å². The van der Waals surface area contributed by atoms with Gasteiger partial charge in [0, 0.05) is 26.1 Å². The Morgan fingerprint density at radius 3 is 2.75 bits per heavy atom. The van der Waals surface area contributed by atoms with E-state index < -0.39 is 0 Å².